The van der Waals surface area contributed by atoms with Crippen molar-refractivity contribution in [2.24, 2.45) is 0 Å². The lowest BCUT2D eigenvalue weighted by Gasteiger charge is -2.25. The lowest BCUT2D eigenvalue weighted by molar-refractivity contribution is -0.147. The van der Waals surface area contributed by atoms with E-state index in [0.717, 1.165) is 17.7 Å². The molecule has 5 heteroatoms. The van der Waals surface area contributed by atoms with Crippen LogP contribution in [-0.4, -0.2) is 29.1 Å². The molecule has 1 aromatic rings. The number of carbonyl (C=O) groups excluding carboxylic acids is 1. The van der Waals surface area contributed by atoms with Gasteiger partial charge in [0.25, 0.3) is 0 Å². The van der Waals surface area contributed by atoms with E-state index in [1.807, 2.05) is 38.1 Å². The number of carbonyl (C=O) groups is 2. The molecule has 128 valence electrons. The van der Waals surface area contributed by atoms with Gasteiger partial charge >= 0.3 is 5.97 Å². The van der Waals surface area contributed by atoms with Gasteiger partial charge in [-0.2, -0.15) is 0 Å². The first kappa shape index (κ1) is 19.0. The Kier molecular flexibility index (Phi) is 7.59. The van der Waals surface area contributed by atoms with Gasteiger partial charge in [0.1, 0.15) is 11.3 Å². The highest BCUT2D eigenvalue weighted by molar-refractivity contribution is 5.86. The number of carboxylic acids is 1. The second kappa shape index (κ2) is 9.18. The Labute approximate surface area is 138 Å². The zero-order valence-corrected chi connectivity index (χ0v) is 14.2. The number of hydrogen-bond donors (Lipinski definition) is 2. The predicted octanol–water partition coefficient (Wildman–Crippen LogP) is 3.30. The van der Waals surface area contributed by atoms with Crippen molar-refractivity contribution >= 4 is 11.9 Å². The third kappa shape index (κ3) is 6.72. The lowest BCUT2D eigenvalue weighted by atomic mass is 9.96. The van der Waals surface area contributed by atoms with Gasteiger partial charge in [-0.15, -0.1) is 0 Å². The Morgan fingerprint density at radius 2 is 2.04 bits per heavy atom. The summed E-state index contributed by atoms with van der Waals surface area (Å²) in [5.74, 6) is -0.384. The third-order valence-electron chi connectivity index (χ3n) is 3.69. The number of amides is 1. The molecule has 0 spiro atoms. The maximum absolute atomic E-state index is 11.9. The molecule has 1 aromatic carbocycles. The molecule has 2 N–H and O–H groups in total. The van der Waals surface area contributed by atoms with Crippen molar-refractivity contribution < 1.29 is 19.4 Å². The van der Waals surface area contributed by atoms with Gasteiger partial charge in [-0.25, -0.2) is 4.79 Å². The second-order valence-electron chi connectivity index (χ2n) is 6.06. The summed E-state index contributed by atoms with van der Waals surface area (Å²) in [6, 6.07) is 7.82. The van der Waals surface area contributed by atoms with E-state index in [-0.39, 0.29) is 5.91 Å². The molecule has 0 aromatic heterocycles. The first-order valence-corrected chi connectivity index (χ1v) is 8.11. The standard InChI is InChI=1S/C18H27NO4/c1-4-11-18(3,17(21)22)19-16(20)10-5-6-12-23-15-9-7-8-14(2)13-15/h7-9,13H,4-6,10-12H2,1-3H3,(H,19,20)(H,21,22). The first-order chi connectivity index (χ1) is 10.9. The second-order valence-corrected chi connectivity index (χ2v) is 6.06. The number of nitrogens with one attached hydrogen (secondary N) is 1. The van der Waals surface area contributed by atoms with Crippen molar-refractivity contribution in [1.82, 2.24) is 5.32 Å². The van der Waals surface area contributed by atoms with Crippen molar-refractivity contribution in [3.8, 4) is 5.75 Å². The van der Waals surface area contributed by atoms with Crippen LogP contribution in [0.5, 0.6) is 5.75 Å². The molecule has 23 heavy (non-hydrogen) atoms. The summed E-state index contributed by atoms with van der Waals surface area (Å²) in [6.45, 7) is 6.00. The number of carboxylic acid groups (broad SMARTS) is 1. The number of rotatable bonds is 10. The average Bonchev–Trinajstić information content (AvgIpc) is 2.47. The minimum atomic E-state index is -1.18. The molecule has 0 aliphatic carbocycles. The number of unbranched alkanes of at least 4 members (excludes halogenated alkanes) is 1. The molecule has 1 rings (SSSR count). The van der Waals surface area contributed by atoms with Crippen LogP contribution in [0, 0.1) is 6.92 Å². The molecule has 0 heterocycles. The Balaban J connectivity index is 2.27. The Bertz CT molecular complexity index is 530. The minimum Gasteiger partial charge on any atom is -0.494 e. The van der Waals surface area contributed by atoms with Crippen LogP contribution in [0.4, 0.5) is 0 Å². The smallest absolute Gasteiger partial charge is 0.329 e. The van der Waals surface area contributed by atoms with E-state index in [9.17, 15) is 14.7 Å². The van der Waals surface area contributed by atoms with Crippen LogP contribution in [0.2, 0.25) is 0 Å². The zero-order valence-electron chi connectivity index (χ0n) is 14.2. The van der Waals surface area contributed by atoms with E-state index in [4.69, 9.17) is 4.74 Å². The quantitative estimate of drug-likeness (QED) is 0.648. The van der Waals surface area contributed by atoms with Crippen molar-refractivity contribution in [3.63, 3.8) is 0 Å². The molecule has 0 saturated heterocycles. The van der Waals surface area contributed by atoms with E-state index < -0.39 is 11.5 Å². The van der Waals surface area contributed by atoms with E-state index >= 15 is 0 Å². The number of benzene rings is 1. The van der Waals surface area contributed by atoms with E-state index in [1.165, 1.54) is 0 Å². The molecule has 1 amide bonds. The van der Waals surface area contributed by atoms with Crippen molar-refractivity contribution in [1.29, 1.82) is 0 Å². The van der Waals surface area contributed by atoms with Gasteiger partial charge in [-0.1, -0.05) is 25.5 Å². The summed E-state index contributed by atoms with van der Waals surface area (Å²) in [7, 11) is 0. The Morgan fingerprint density at radius 1 is 1.30 bits per heavy atom. The molecular weight excluding hydrogens is 294 g/mol. The summed E-state index contributed by atoms with van der Waals surface area (Å²) < 4.78 is 5.62. The number of hydrogen-bond acceptors (Lipinski definition) is 3. The Hall–Kier alpha value is -2.04. The number of aryl methyl sites for hydroxylation is 1. The van der Waals surface area contributed by atoms with Crippen LogP contribution in [-0.2, 0) is 9.59 Å². The van der Waals surface area contributed by atoms with Crippen LogP contribution in [0.15, 0.2) is 24.3 Å². The highest BCUT2D eigenvalue weighted by atomic mass is 16.5. The molecule has 0 saturated carbocycles. The summed E-state index contributed by atoms with van der Waals surface area (Å²) >= 11 is 0. The van der Waals surface area contributed by atoms with Gasteiger partial charge in [0.15, 0.2) is 0 Å². The van der Waals surface area contributed by atoms with E-state index in [2.05, 4.69) is 5.32 Å². The molecular formula is C18H27NO4. The molecule has 0 bridgehead atoms. The van der Waals surface area contributed by atoms with Gasteiger partial charge in [0.05, 0.1) is 6.61 Å². The fourth-order valence-electron chi connectivity index (χ4n) is 2.38. The van der Waals surface area contributed by atoms with Crippen molar-refractivity contribution in [2.45, 2.75) is 58.4 Å². The fourth-order valence-corrected chi connectivity index (χ4v) is 2.38. The largest absolute Gasteiger partial charge is 0.494 e. The van der Waals surface area contributed by atoms with Crippen LogP contribution < -0.4 is 10.1 Å². The molecule has 5 nitrogen and oxygen atoms in total. The molecule has 0 aliphatic heterocycles. The van der Waals surface area contributed by atoms with Crippen molar-refractivity contribution in [3.05, 3.63) is 29.8 Å². The molecule has 0 radical (unpaired) electrons. The lowest BCUT2D eigenvalue weighted by Crippen LogP contribution is -2.52. The van der Waals surface area contributed by atoms with Crippen LogP contribution in [0.1, 0.15) is 51.5 Å². The van der Waals surface area contributed by atoms with E-state index in [0.29, 0.717) is 32.3 Å². The SMILES string of the molecule is CCCC(C)(NC(=O)CCCCOc1cccc(C)c1)C(=O)O. The summed E-state index contributed by atoms with van der Waals surface area (Å²) in [5, 5.41) is 11.9. The highest BCUT2D eigenvalue weighted by Gasteiger charge is 2.33. The maximum Gasteiger partial charge on any atom is 0.329 e. The maximum atomic E-state index is 11.9. The summed E-state index contributed by atoms with van der Waals surface area (Å²) in [5.41, 5.74) is -0.0325. The molecule has 0 fully saturated rings. The molecule has 0 aliphatic rings. The van der Waals surface area contributed by atoms with Crippen molar-refractivity contribution in [2.75, 3.05) is 6.61 Å². The molecule has 1 unspecified atom stereocenters. The summed E-state index contributed by atoms with van der Waals surface area (Å²) in [4.78, 5) is 23.2. The highest BCUT2D eigenvalue weighted by Crippen LogP contribution is 2.14. The van der Waals surface area contributed by atoms with Gasteiger partial charge < -0.3 is 15.2 Å². The van der Waals surface area contributed by atoms with Crippen LogP contribution in [0.25, 0.3) is 0 Å². The van der Waals surface area contributed by atoms with Gasteiger partial charge in [-0.3, -0.25) is 4.79 Å². The number of ether oxygens (including phenoxy) is 1. The van der Waals surface area contributed by atoms with Gasteiger partial charge in [0, 0.05) is 6.42 Å². The fraction of sp³-hybridized carbons (Fsp3) is 0.556. The predicted molar refractivity (Wildman–Crippen MR) is 89.6 cm³/mol. The normalized spacial score (nSPS) is 13.2. The monoisotopic (exact) mass is 321 g/mol. The van der Waals surface area contributed by atoms with Crippen LogP contribution in [0.3, 0.4) is 0 Å². The topological polar surface area (TPSA) is 75.6 Å². The first-order valence-electron chi connectivity index (χ1n) is 8.11. The van der Waals surface area contributed by atoms with E-state index in [1.54, 1.807) is 6.92 Å². The molecule has 1 atom stereocenters. The average molecular weight is 321 g/mol. The third-order valence-corrected chi connectivity index (χ3v) is 3.69. The van der Waals surface area contributed by atoms with Gasteiger partial charge in [-0.05, 0) is 50.8 Å². The zero-order chi connectivity index (χ0) is 17.3. The summed E-state index contributed by atoms with van der Waals surface area (Å²) in [6.07, 6.45) is 2.85. The minimum absolute atomic E-state index is 0.223. The van der Waals surface area contributed by atoms with Gasteiger partial charge in [0.2, 0.25) is 5.91 Å². The Morgan fingerprint density at radius 3 is 2.65 bits per heavy atom. The van der Waals surface area contributed by atoms with Crippen LogP contribution >= 0.6 is 0 Å². The number of aliphatic carboxylic acids is 1.